The van der Waals surface area contributed by atoms with Gasteiger partial charge in [-0.05, 0) is 24.7 Å². The normalized spacial score (nSPS) is 19.8. The van der Waals surface area contributed by atoms with Gasteiger partial charge in [-0.25, -0.2) is 0 Å². The first-order valence-corrected chi connectivity index (χ1v) is 6.07. The van der Waals surface area contributed by atoms with E-state index in [0.29, 0.717) is 11.3 Å². The van der Waals surface area contributed by atoms with Crippen molar-refractivity contribution in [3.8, 4) is 0 Å². The highest BCUT2D eigenvalue weighted by Gasteiger charge is 2.33. The molecule has 1 aliphatic carbocycles. The topological polar surface area (TPSA) is 58.3 Å². The standard InChI is InChI=1S/C12H19BN2O2/c1-11(5-3-4-6-11)7-10-9(12(13,16)17)8-15(2)14-10/h8,16-17H,3-7H2,1-2H3. The number of aromatic nitrogens is 2. The zero-order valence-corrected chi connectivity index (χ0v) is 10.5. The molecule has 0 amide bonds. The summed E-state index contributed by atoms with van der Waals surface area (Å²) in [4.78, 5) is 0. The lowest BCUT2D eigenvalue weighted by atomic mass is 9.80. The second kappa shape index (κ2) is 4.14. The van der Waals surface area contributed by atoms with Crippen molar-refractivity contribution in [1.82, 2.24) is 9.78 Å². The maximum absolute atomic E-state index is 9.52. The van der Waals surface area contributed by atoms with Gasteiger partial charge in [-0.1, -0.05) is 19.8 Å². The number of aryl methyl sites for hydroxylation is 1. The third-order valence-corrected chi connectivity index (χ3v) is 3.71. The lowest BCUT2D eigenvalue weighted by molar-refractivity contribution is -0.0918. The van der Waals surface area contributed by atoms with Gasteiger partial charge in [0.2, 0.25) is 0 Å². The second-order valence-corrected chi connectivity index (χ2v) is 5.58. The number of rotatable bonds is 3. The van der Waals surface area contributed by atoms with E-state index in [1.807, 2.05) is 0 Å². The summed E-state index contributed by atoms with van der Waals surface area (Å²) in [5.74, 6) is 0. The van der Waals surface area contributed by atoms with E-state index in [0.717, 1.165) is 19.3 Å². The van der Waals surface area contributed by atoms with Gasteiger partial charge in [0.05, 0.1) is 5.69 Å². The molecule has 0 unspecified atom stereocenters. The molecule has 1 aromatic heterocycles. The molecule has 2 N–H and O–H groups in total. The molecule has 2 rings (SSSR count). The minimum atomic E-state index is -2.29. The molecular weight excluding hydrogens is 215 g/mol. The molecule has 0 saturated heterocycles. The van der Waals surface area contributed by atoms with Crippen LogP contribution in [0.3, 0.4) is 0 Å². The van der Waals surface area contributed by atoms with Crippen LogP contribution in [-0.4, -0.2) is 27.8 Å². The molecule has 0 spiro atoms. The molecule has 5 heteroatoms. The number of hydrogen-bond acceptors (Lipinski definition) is 3. The molecule has 0 atom stereocenters. The first kappa shape index (κ1) is 12.6. The van der Waals surface area contributed by atoms with Crippen molar-refractivity contribution in [2.24, 2.45) is 12.5 Å². The fourth-order valence-corrected chi connectivity index (χ4v) is 2.78. The fraction of sp³-hybridized carbons (Fsp3) is 0.750. The Kier molecular flexibility index (Phi) is 3.08. The van der Waals surface area contributed by atoms with Gasteiger partial charge in [-0.15, -0.1) is 0 Å². The minimum Gasteiger partial charge on any atom is -0.371 e. The van der Waals surface area contributed by atoms with Crippen molar-refractivity contribution in [2.45, 2.75) is 44.7 Å². The fourth-order valence-electron chi connectivity index (χ4n) is 2.78. The summed E-state index contributed by atoms with van der Waals surface area (Å²) in [6, 6.07) is 0. The van der Waals surface area contributed by atoms with E-state index in [1.165, 1.54) is 12.8 Å². The number of aliphatic hydroxyl groups is 2. The van der Waals surface area contributed by atoms with Crippen LogP contribution in [0.2, 0.25) is 0 Å². The molecule has 0 aromatic carbocycles. The van der Waals surface area contributed by atoms with Crippen molar-refractivity contribution in [1.29, 1.82) is 0 Å². The first-order valence-electron chi connectivity index (χ1n) is 6.07. The van der Waals surface area contributed by atoms with Crippen LogP contribution in [0.15, 0.2) is 6.20 Å². The van der Waals surface area contributed by atoms with Gasteiger partial charge in [-0.3, -0.25) is 4.68 Å². The van der Waals surface area contributed by atoms with E-state index in [1.54, 1.807) is 17.9 Å². The lowest BCUT2D eigenvalue weighted by Crippen LogP contribution is -2.27. The average molecular weight is 234 g/mol. The highest BCUT2D eigenvalue weighted by molar-refractivity contribution is 6.13. The first-order chi connectivity index (χ1) is 7.80. The van der Waals surface area contributed by atoms with Crippen LogP contribution in [0, 0.1) is 5.41 Å². The summed E-state index contributed by atoms with van der Waals surface area (Å²) in [5, 5.41) is 23.3. The molecule has 4 nitrogen and oxygen atoms in total. The predicted octanol–water partition coefficient (Wildman–Crippen LogP) is 0.806. The second-order valence-electron chi connectivity index (χ2n) is 5.58. The quantitative estimate of drug-likeness (QED) is 0.601. The van der Waals surface area contributed by atoms with Crippen molar-refractivity contribution < 1.29 is 10.2 Å². The molecule has 2 radical (unpaired) electrons. The van der Waals surface area contributed by atoms with Gasteiger partial charge < -0.3 is 10.2 Å². The average Bonchev–Trinajstić information content (AvgIpc) is 2.72. The van der Waals surface area contributed by atoms with E-state index < -0.39 is 5.69 Å². The third kappa shape index (κ3) is 2.72. The Bertz CT molecular complexity index is 403. The maximum atomic E-state index is 9.52. The molecule has 1 heterocycles. The van der Waals surface area contributed by atoms with Crippen LogP contribution >= 0.6 is 0 Å². The molecule has 92 valence electrons. The lowest BCUT2D eigenvalue weighted by Gasteiger charge is -2.24. The van der Waals surface area contributed by atoms with E-state index >= 15 is 0 Å². The van der Waals surface area contributed by atoms with Crippen LogP contribution in [-0.2, 0) is 19.2 Å². The van der Waals surface area contributed by atoms with Gasteiger partial charge in [0.15, 0.2) is 7.85 Å². The van der Waals surface area contributed by atoms with Crippen LogP contribution in [0.25, 0.3) is 0 Å². The van der Waals surface area contributed by atoms with Crippen molar-refractivity contribution in [3.05, 3.63) is 17.5 Å². The highest BCUT2D eigenvalue weighted by Crippen LogP contribution is 2.41. The summed E-state index contributed by atoms with van der Waals surface area (Å²) in [6.45, 7) is 2.23. The Morgan fingerprint density at radius 2 is 2.06 bits per heavy atom. The predicted molar refractivity (Wildman–Crippen MR) is 65.4 cm³/mol. The van der Waals surface area contributed by atoms with Gasteiger partial charge >= 0.3 is 0 Å². The van der Waals surface area contributed by atoms with Gasteiger partial charge in [-0.2, -0.15) is 5.10 Å². The van der Waals surface area contributed by atoms with Crippen LogP contribution in [0.1, 0.15) is 43.9 Å². The van der Waals surface area contributed by atoms with E-state index in [4.69, 9.17) is 7.85 Å². The Balaban J connectivity index is 2.26. The van der Waals surface area contributed by atoms with Crippen molar-refractivity contribution in [3.63, 3.8) is 0 Å². The smallest absolute Gasteiger partial charge is 0.161 e. The molecule has 1 aromatic rings. The Labute approximate surface area is 103 Å². The molecule has 0 bridgehead atoms. The van der Waals surface area contributed by atoms with Crippen LogP contribution < -0.4 is 0 Å². The number of nitrogens with zero attached hydrogens (tertiary/aromatic N) is 2. The Morgan fingerprint density at radius 3 is 2.59 bits per heavy atom. The Hall–Kier alpha value is -0.805. The summed E-state index contributed by atoms with van der Waals surface area (Å²) in [7, 11) is 7.11. The van der Waals surface area contributed by atoms with Gasteiger partial charge in [0.25, 0.3) is 0 Å². The van der Waals surface area contributed by atoms with Crippen molar-refractivity contribution >= 4 is 7.85 Å². The molecular formula is C12H19BN2O2. The summed E-state index contributed by atoms with van der Waals surface area (Å²) < 4.78 is 1.58. The summed E-state index contributed by atoms with van der Waals surface area (Å²) in [6.07, 6.45) is 7.14. The van der Waals surface area contributed by atoms with Gasteiger partial charge in [0.1, 0.15) is 5.69 Å². The SMILES string of the molecule is [B]C(O)(O)c1cn(C)nc1CC1(C)CCCC1. The molecule has 1 saturated carbocycles. The zero-order chi connectivity index (χ0) is 12.7. The molecule has 0 aliphatic heterocycles. The largest absolute Gasteiger partial charge is 0.371 e. The van der Waals surface area contributed by atoms with E-state index in [9.17, 15) is 10.2 Å². The van der Waals surface area contributed by atoms with Crippen LogP contribution in [0.4, 0.5) is 0 Å². The van der Waals surface area contributed by atoms with Crippen LogP contribution in [0.5, 0.6) is 0 Å². The number of hydrogen-bond donors (Lipinski definition) is 2. The van der Waals surface area contributed by atoms with Gasteiger partial charge in [0, 0.05) is 18.8 Å². The summed E-state index contributed by atoms with van der Waals surface area (Å²) in [5.41, 5.74) is -1.06. The highest BCUT2D eigenvalue weighted by atomic mass is 16.5. The third-order valence-electron chi connectivity index (χ3n) is 3.71. The minimum absolute atomic E-state index is 0.217. The molecule has 1 aliphatic rings. The monoisotopic (exact) mass is 234 g/mol. The van der Waals surface area contributed by atoms with E-state index in [2.05, 4.69) is 12.0 Å². The zero-order valence-electron chi connectivity index (χ0n) is 10.5. The van der Waals surface area contributed by atoms with E-state index in [-0.39, 0.29) is 5.41 Å². The maximum Gasteiger partial charge on any atom is 0.161 e. The summed E-state index contributed by atoms with van der Waals surface area (Å²) >= 11 is 0. The Morgan fingerprint density at radius 1 is 1.47 bits per heavy atom. The van der Waals surface area contributed by atoms with Crippen molar-refractivity contribution in [2.75, 3.05) is 0 Å². The molecule has 1 fully saturated rings. The molecule has 17 heavy (non-hydrogen) atoms.